The third-order valence-corrected chi connectivity index (χ3v) is 7.97. The van der Waals surface area contributed by atoms with Gasteiger partial charge in [0.2, 0.25) is 11.8 Å². The van der Waals surface area contributed by atoms with Gasteiger partial charge in [-0.2, -0.15) is 8.78 Å². The van der Waals surface area contributed by atoms with Crippen molar-refractivity contribution < 1.29 is 31.6 Å². The molecule has 1 aliphatic heterocycles. The fourth-order valence-corrected chi connectivity index (χ4v) is 5.47. The maximum Gasteiger partial charge on any atom is 0.350 e. The number of nitrogens with zero attached hydrogens (tertiary/aromatic N) is 8. The minimum atomic E-state index is -2.97. The van der Waals surface area contributed by atoms with Crippen LogP contribution in [0.25, 0.3) is 22.6 Å². The summed E-state index contributed by atoms with van der Waals surface area (Å²) in [5.41, 5.74) is 2.58. The second kappa shape index (κ2) is 11.6. The molecule has 236 valence electrons. The van der Waals surface area contributed by atoms with Gasteiger partial charge < -0.3 is 14.6 Å². The van der Waals surface area contributed by atoms with Crippen LogP contribution in [-0.4, -0.2) is 83.9 Å². The minimum absolute atomic E-state index is 0.137. The fraction of sp³-hybridized carbons (Fsp3) is 0.300. The van der Waals surface area contributed by atoms with E-state index in [4.69, 9.17) is 4.42 Å². The molecule has 1 saturated carbocycles. The van der Waals surface area contributed by atoms with Gasteiger partial charge in [0.25, 0.3) is 11.8 Å². The summed E-state index contributed by atoms with van der Waals surface area (Å²) in [5.74, 6) is -5.02. The van der Waals surface area contributed by atoms with Gasteiger partial charge in [0, 0.05) is 56.1 Å². The van der Waals surface area contributed by atoms with Crippen LogP contribution in [0, 0.1) is 5.92 Å². The molecule has 0 bridgehead atoms. The Labute approximate surface area is 258 Å². The van der Waals surface area contributed by atoms with E-state index in [1.54, 1.807) is 29.2 Å². The molecular formula is C30H25F4N9O3. The molecule has 1 aliphatic carbocycles. The van der Waals surface area contributed by atoms with E-state index < -0.39 is 36.8 Å². The summed E-state index contributed by atoms with van der Waals surface area (Å²) < 4.78 is 58.7. The number of pyridine rings is 1. The summed E-state index contributed by atoms with van der Waals surface area (Å²) >= 11 is 0. The van der Waals surface area contributed by atoms with Gasteiger partial charge in [-0.05, 0) is 35.0 Å². The van der Waals surface area contributed by atoms with Crippen LogP contribution < -0.4 is 5.32 Å². The van der Waals surface area contributed by atoms with E-state index in [0.29, 0.717) is 48.5 Å². The number of halogens is 4. The summed E-state index contributed by atoms with van der Waals surface area (Å²) in [6.45, 7) is -1.42. The lowest BCUT2D eigenvalue weighted by atomic mass is 10.0. The van der Waals surface area contributed by atoms with Gasteiger partial charge in [-0.3, -0.25) is 19.5 Å². The maximum atomic E-state index is 13.5. The number of alkyl halides is 4. The van der Waals surface area contributed by atoms with Crippen LogP contribution >= 0.6 is 0 Å². The molecule has 1 saturated heterocycles. The van der Waals surface area contributed by atoms with Gasteiger partial charge >= 0.3 is 6.55 Å². The zero-order chi connectivity index (χ0) is 32.0. The van der Waals surface area contributed by atoms with Crippen LogP contribution in [0.1, 0.15) is 40.9 Å². The Hall–Kier alpha value is -5.25. The van der Waals surface area contributed by atoms with Crippen LogP contribution in [0.4, 0.5) is 23.2 Å². The molecule has 4 heterocycles. The molecule has 16 heteroatoms. The second-order valence-electron chi connectivity index (χ2n) is 11.0. The first-order chi connectivity index (χ1) is 22.2. The molecule has 2 fully saturated rings. The molecule has 0 unspecified atom stereocenters. The summed E-state index contributed by atoms with van der Waals surface area (Å²) in [4.78, 5) is 38.2. The number of amides is 2. The lowest BCUT2D eigenvalue weighted by molar-refractivity contribution is -0.119. The van der Waals surface area contributed by atoms with Gasteiger partial charge in [0.1, 0.15) is 17.1 Å². The second-order valence-corrected chi connectivity index (χ2v) is 11.0. The molecular weight excluding hydrogens is 610 g/mol. The number of aromatic nitrogens is 6. The van der Waals surface area contributed by atoms with Crippen molar-refractivity contribution >= 4 is 28.6 Å². The summed E-state index contributed by atoms with van der Waals surface area (Å²) in [7, 11) is 0. The van der Waals surface area contributed by atoms with Gasteiger partial charge in [0.15, 0.2) is 11.4 Å². The number of hydrogen-bond acceptors (Lipinski definition) is 9. The quantitative estimate of drug-likeness (QED) is 0.246. The van der Waals surface area contributed by atoms with Crippen LogP contribution in [0.15, 0.2) is 71.3 Å². The monoisotopic (exact) mass is 635 g/mol. The molecule has 46 heavy (non-hydrogen) atoms. The normalized spacial score (nSPS) is 18.5. The molecule has 1 N–H and O–H groups in total. The molecule has 2 aromatic carbocycles. The Morgan fingerprint density at radius 2 is 1.76 bits per heavy atom. The standard InChI is InChI=1S/C30H25F4N9O3/c31-29(32)43-39-25(38-40-43)24(17-4-2-1-3-5-17)41-10-12-42(13-11-41)28(45)22-14-18(8-9-35-22)27-37-21-7-6-19(15-23(21)46-27)36-26(44)20-16-30(20,33)34/h1-9,14-15,20,24,29H,10-13,16H2,(H,36,44)/t20-,24-/m0/s1. The first-order valence-electron chi connectivity index (χ1n) is 14.4. The molecule has 5 aromatic rings. The third kappa shape index (κ3) is 5.78. The smallest absolute Gasteiger partial charge is 0.350 e. The number of carbonyl (C=O) groups is 2. The number of oxazole rings is 1. The van der Waals surface area contributed by atoms with E-state index in [1.165, 1.54) is 12.3 Å². The predicted octanol–water partition coefficient (Wildman–Crippen LogP) is 4.41. The summed E-state index contributed by atoms with van der Waals surface area (Å²) in [6, 6.07) is 16.6. The fourth-order valence-electron chi connectivity index (χ4n) is 5.47. The van der Waals surface area contributed by atoms with Gasteiger partial charge in [-0.15, -0.1) is 10.2 Å². The summed E-state index contributed by atoms with van der Waals surface area (Å²) in [6.07, 6.45) is 1.00. The van der Waals surface area contributed by atoms with Crippen molar-refractivity contribution in [3.05, 3.63) is 83.9 Å². The van der Waals surface area contributed by atoms with E-state index in [1.807, 2.05) is 35.2 Å². The first kappa shape index (κ1) is 29.5. The van der Waals surface area contributed by atoms with Crippen molar-refractivity contribution in [3.8, 4) is 11.5 Å². The number of anilines is 1. The van der Waals surface area contributed by atoms with Crippen molar-refractivity contribution in [1.82, 2.24) is 40.0 Å². The number of benzene rings is 2. The Morgan fingerprint density at radius 3 is 2.46 bits per heavy atom. The van der Waals surface area contributed by atoms with E-state index >= 15 is 0 Å². The Bertz CT molecular complexity index is 1910. The molecule has 0 radical (unpaired) electrons. The Balaban J connectivity index is 1.04. The van der Waals surface area contributed by atoms with Crippen molar-refractivity contribution in [2.24, 2.45) is 5.92 Å². The highest BCUT2D eigenvalue weighted by Gasteiger charge is 2.61. The van der Waals surface area contributed by atoms with Gasteiger partial charge in [-0.25, -0.2) is 13.8 Å². The molecule has 3 aromatic heterocycles. The van der Waals surface area contributed by atoms with Crippen LogP contribution in [-0.2, 0) is 4.79 Å². The van der Waals surface area contributed by atoms with Crippen molar-refractivity contribution in [2.75, 3.05) is 31.5 Å². The lowest BCUT2D eigenvalue weighted by Crippen LogP contribution is -2.50. The highest BCUT2D eigenvalue weighted by molar-refractivity contribution is 5.97. The molecule has 2 atom stereocenters. The van der Waals surface area contributed by atoms with E-state index in [9.17, 15) is 27.2 Å². The number of rotatable bonds is 8. The zero-order valence-electron chi connectivity index (χ0n) is 23.9. The highest BCUT2D eigenvalue weighted by atomic mass is 19.3. The zero-order valence-corrected chi connectivity index (χ0v) is 23.9. The highest BCUT2D eigenvalue weighted by Crippen LogP contribution is 2.49. The van der Waals surface area contributed by atoms with Crippen LogP contribution in [0.2, 0.25) is 0 Å². The van der Waals surface area contributed by atoms with Crippen LogP contribution in [0.5, 0.6) is 0 Å². The number of piperazine rings is 1. The van der Waals surface area contributed by atoms with Crippen molar-refractivity contribution in [2.45, 2.75) is 24.9 Å². The number of tetrazole rings is 1. The number of hydrogen-bond donors (Lipinski definition) is 1. The number of nitrogens with one attached hydrogen (secondary N) is 1. The molecule has 0 spiro atoms. The number of carbonyl (C=O) groups excluding carboxylic acids is 2. The van der Waals surface area contributed by atoms with Gasteiger partial charge in [0.05, 0.1) is 6.04 Å². The average molecular weight is 636 g/mol. The number of fused-ring (bicyclic) bond motifs is 1. The third-order valence-electron chi connectivity index (χ3n) is 7.97. The minimum Gasteiger partial charge on any atom is -0.436 e. The van der Waals surface area contributed by atoms with Crippen molar-refractivity contribution in [1.29, 1.82) is 0 Å². The SMILES string of the molecule is O=C(Nc1ccc2nc(-c3ccnc(C(=O)N4CCN([C@@H](c5ccccc5)c5nnn(C(F)F)n5)CC4)c3)oc2c1)[C@@H]1CC1(F)F. The Morgan fingerprint density at radius 1 is 1.00 bits per heavy atom. The maximum absolute atomic E-state index is 13.5. The molecule has 7 rings (SSSR count). The van der Waals surface area contributed by atoms with Crippen molar-refractivity contribution in [3.63, 3.8) is 0 Å². The van der Waals surface area contributed by atoms with Gasteiger partial charge in [-0.1, -0.05) is 35.1 Å². The molecule has 2 aliphatic rings. The first-order valence-corrected chi connectivity index (χ1v) is 14.4. The van der Waals surface area contributed by atoms with E-state index in [2.05, 4.69) is 30.7 Å². The van der Waals surface area contributed by atoms with E-state index in [-0.39, 0.29) is 28.1 Å². The summed E-state index contributed by atoms with van der Waals surface area (Å²) in [5, 5.41) is 13.8. The molecule has 2 amide bonds. The van der Waals surface area contributed by atoms with Crippen LogP contribution in [0.3, 0.4) is 0 Å². The topological polar surface area (TPSA) is 135 Å². The molecule has 12 nitrogen and oxygen atoms in total. The largest absolute Gasteiger partial charge is 0.436 e. The Kier molecular flexibility index (Phi) is 7.43. The van der Waals surface area contributed by atoms with E-state index in [0.717, 1.165) is 5.56 Å². The lowest BCUT2D eigenvalue weighted by Gasteiger charge is -2.38. The predicted molar refractivity (Wildman–Crippen MR) is 154 cm³/mol. The average Bonchev–Trinajstić information content (AvgIpc) is 3.39.